The minimum absolute atomic E-state index is 0.0808. The molecule has 29 heavy (non-hydrogen) atoms. The summed E-state index contributed by atoms with van der Waals surface area (Å²) in [4.78, 5) is 39.1. The predicted octanol–water partition coefficient (Wildman–Crippen LogP) is 2.84. The molecule has 4 rings (SSSR count). The molecule has 2 aliphatic heterocycles. The zero-order valence-electron chi connectivity index (χ0n) is 16.1. The molecule has 1 fully saturated rings. The van der Waals surface area contributed by atoms with Crippen LogP contribution in [0.15, 0.2) is 42.5 Å². The maximum Gasteiger partial charge on any atom is 0.248 e. The highest BCUT2D eigenvalue weighted by Gasteiger charge is 2.31. The van der Waals surface area contributed by atoms with E-state index in [1.165, 1.54) is 6.42 Å². The number of para-hydroxylation sites is 1. The van der Waals surface area contributed by atoms with E-state index in [1.54, 1.807) is 18.2 Å². The Balaban J connectivity index is 1.66. The molecule has 0 radical (unpaired) electrons. The fraction of sp³-hybridized carbons (Fsp3) is 0.318. The zero-order valence-corrected chi connectivity index (χ0v) is 16.1. The maximum absolute atomic E-state index is 13.2. The van der Waals surface area contributed by atoms with Gasteiger partial charge < -0.3 is 21.3 Å². The van der Waals surface area contributed by atoms with Crippen molar-refractivity contribution in [1.82, 2.24) is 0 Å². The third-order valence-corrected chi connectivity index (χ3v) is 5.55. The summed E-state index contributed by atoms with van der Waals surface area (Å²) in [5.74, 6) is -1.60. The van der Waals surface area contributed by atoms with Gasteiger partial charge in [0, 0.05) is 30.8 Å². The summed E-state index contributed by atoms with van der Waals surface area (Å²) in [6, 6.07) is 12.5. The van der Waals surface area contributed by atoms with Crippen LogP contribution in [0.25, 0.3) is 0 Å². The fourth-order valence-corrected chi connectivity index (χ4v) is 4.07. The van der Waals surface area contributed by atoms with Gasteiger partial charge in [0.15, 0.2) is 0 Å². The van der Waals surface area contributed by atoms with Gasteiger partial charge in [-0.2, -0.15) is 0 Å². The largest absolute Gasteiger partial charge is 0.370 e. The van der Waals surface area contributed by atoms with Crippen molar-refractivity contribution in [2.24, 2.45) is 5.73 Å². The number of rotatable bonds is 4. The van der Waals surface area contributed by atoms with Crippen molar-refractivity contribution < 1.29 is 14.4 Å². The van der Waals surface area contributed by atoms with Crippen LogP contribution in [-0.4, -0.2) is 30.8 Å². The van der Waals surface area contributed by atoms with Gasteiger partial charge in [-0.1, -0.05) is 18.2 Å². The second kappa shape index (κ2) is 7.95. The smallest absolute Gasteiger partial charge is 0.248 e. The highest BCUT2D eigenvalue weighted by Crippen LogP contribution is 2.35. The summed E-state index contributed by atoms with van der Waals surface area (Å²) in [5, 5.41) is 5.77. The summed E-state index contributed by atoms with van der Waals surface area (Å²) in [6.07, 6.45) is 3.44. The van der Waals surface area contributed by atoms with Crippen LogP contribution >= 0.6 is 0 Å². The number of carbonyl (C=O) groups excluding carboxylic acids is 3. The van der Waals surface area contributed by atoms with Crippen molar-refractivity contribution in [3.8, 4) is 0 Å². The predicted molar refractivity (Wildman–Crippen MR) is 112 cm³/mol. The molecule has 3 amide bonds. The lowest BCUT2D eigenvalue weighted by atomic mass is 9.89. The minimum Gasteiger partial charge on any atom is -0.370 e. The topological polar surface area (TPSA) is 105 Å². The first-order valence-corrected chi connectivity index (χ1v) is 9.91. The molecule has 2 aromatic rings. The van der Waals surface area contributed by atoms with Gasteiger partial charge in [0.05, 0.1) is 17.3 Å². The summed E-state index contributed by atoms with van der Waals surface area (Å²) >= 11 is 0. The number of anilines is 3. The Kier molecular flexibility index (Phi) is 5.20. The van der Waals surface area contributed by atoms with Gasteiger partial charge in [-0.3, -0.25) is 14.4 Å². The second-order valence-electron chi connectivity index (χ2n) is 7.53. The molecule has 0 saturated carbocycles. The molecular weight excluding hydrogens is 368 g/mol. The van der Waals surface area contributed by atoms with Crippen LogP contribution in [0.1, 0.15) is 47.5 Å². The average molecular weight is 392 g/mol. The number of amides is 3. The Morgan fingerprint density at radius 3 is 2.59 bits per heavy atom. The lowest BCUT2D eigenvalue weighted by Gasteiger charge is -2.31. The number of carbonyl (C=O) groups is 3. The van der Waals surface area contributed by atoms with E-state index in [0.29, 0.717) is 16.9 Å². The molecule has 0 bridgehead atoms. The first-order chi connectivity index (χ1) is 14.0. The number of piperidine rings is 1. The van der Waals surface area contributed by atoms with Gasteiger partial charge in [-0.05, 0) is 49.1 Å². The van der Waals surface area contributed by atoms with Crippen LogP contribution in [-0.2, 0) is 9.59 Å². The molecular formula is C22H24N4O3. The molecule has 1 unspecified atom stereocenters. The Bertz CT molecular complexity index is 966. The van der Waals surface area contributed by atoms with Crippen LogP contribution in [0.2, 0.25) is 0 Å². The van der Waals surface area contributed by atoms with E-state index in [1.807, 2.05) is 24.3 Å². The molecule has 7 heteroatoms. The number of fused-ring (bicyclic) bond motifs is 1. The third kappa shape index (κ3) is 3.94. The Morgan fingerprint density at radius 1 is 1.07 bits per heavy atom. The SMILES string of the molecule is NC(=O)c1ccc(N2CCCCC2)c(NC(=O)C2CC(=O)Nc3ccccc32)c1. The van der Waals surface area contributed by atoms with Crippen molar-refractivity contribution in [3.63, 3.8) is 0 Å². The number of hydrogen-bond donors (Lipinski definition) is 3. The average Bonchev–Trinajstić information content (AvgIpc) is 2.73. The molecule has 1 saturated heterocycles. The summed E-state index contributed by atoms with van der Waals surface area (Å²) in [5.41, 5.74) is 8.65. The van der Waals surface area contributed by atoms with Gasteiger partial charge >= 0.3 is 0 Å². The van der Waals surface area contributed by atoms with Crippen molar-refractivity contribution in [1.29, 1.82) is 0 Å². The van der Waals surface area contributed by atoms with Crippen LogP contribution in [0, 0.1) is 0 Å². The molecule has 2 heterocycles. The number of nitrogens with zero attached hydrogens (tertiary/aromatic N) is 1. The van der Waals surface area contributed by atoms with Crippen LogP contribution in [0.5, 0.6) is 0 Å². The Morgan fingerprint density at radius 2 is 1.83 bits per heavy atom. The molecule has 0 aliphatic carbocycles. The quantitative estimate of drug-likeness (QED) is 0.744. The van der Waals surface area contributed by atoms with E-state index in [9.17, 15) is 14.4 Å². The Labute approximate surface area is 169 Å². The van der Waals surface area contributed by atoms with Crippen molar-refractivity contribution >= 4 is 34.8 Å². The highest BCUT2D eigenvalue weighted by atomic mass is 16.2. The lowest BCUT2D eigenvalue weighted by Crippen LogP contribution is -2.33. The van der Waals surface area contributed by atoms with E-state index in [2.05, 4.69) is 15.5 Å². The van der Waals surface area contributed by atoms with Gasteiger partial charge in [0.25, 0.3) is 0 Å². The number of hydrogen-bond acceptors (Lipinski definition) is 4. The van der Waals surface area contributed by atoms with Gasteiger partial charge in [-0.15, -0.1) is 0 Å². The highest BCUT2D eigenvalue weighted by molar-refractivity contribution is 6.06. The van der Waals surface area contributed by atoms with Crippen LogP contribution < -0.4 is 21.3 Å². The minimum atomic E-state index is -0.591. The zero-order chi connectivity index (χ0) is 20.4. The maximum atomic E-state index is 13.2. The normalized spacial score (nSPS) is 18.6. The number of benzene rings is 2. The van der Waals surface area contributed by atoms with E-state index in [-0.39, 0.29) is 18.2 Å². The standard InChI is InChI=1S/C22H24N4O3/c23-21(28)14-8-9-19(26-10-4-1-5-11-26)18(12-14)25-22(29)16-13-20(27)24-17-7-3-2-6-15(16)17/h2-3,6-9,12,16H,1,4-5,10-11,13H2,(H2,23,28)(H,24,27)(H,25,29). The van der Waals surface area contributed by atoms with E-state index in [4.69, 9.17) is 5.73 Å². The molecule has 1 atom stereocenters. The van der Waals surface area contributed by atoms with Crippen LogP contribution in [0.3, 0.4) is 0 Å². The fourth-order valence-electron chi connectivity index (χ4n) is 4.07. The van der Waals surface area contributed by atoms with Crippen molar-refractivity contribution in [3.05, 3.63) is 53.6 Å². The molecule has 0 aromatic heterocycles. The molecule has 2 aromatic carbocycles. The monoisotopic (exact) mass is 392 g/mol. The first-order valence-electron chi connectivity index (χ1n) is 9.91. The van der Waals surface area contributed by atoms with Gasteiger partial charge in [0.2, 0.25) is 17.7 Å². The van der Waals surface area contributed by atoms with E-state index >= 15 is 0 Å². The van der Waals surface area contributed by atoms with E-state index < -0.39 is 11.8 Å². The first kappa shape index (κ1) is 19.0. The van der Waals surface area contributed by atoms with Gasteiger partial charge in [-0.25, -0.2) is 0 Å². The van der Waals surface area contributed by atoms with Crippen molar-refractivity contribution in [2.75, 3.05) is 28.6 Å². The number of nitrogens with one attached hydrogen (secondary N) is 2. The molecule has 150 valence electrons. The molecule has 4 N–H and O–H groups in total. The number of nitrogens with two attached hydrogens (primary N) is 1. The van der Waals surface area contributed by atoms with Gasteiger partial charge in [0.1, 0.15) is 0 Å². The molecule has 2 aliphatic rings. The molecule has 0 spiro atoms. The van der Waals surface area contributed by atoms with Crippen molar-refractivity contribution in [2.45, 2.75) is 31.6 Å². The second-order valence-corrected chi connectivity index (χ2v) is 7.53. The Hall–Kier alpha value is -3.35. The summed E-state index contributed by atoms with van der Waals surface area (Å²) < 4.78 is 0. The number of primary amides is 1. The van der Waals surface area contributed by atoms with E-state index in [0.717, 1.165) is 37.2 Å². The lowest BCUT2D eigenvalue weighted by molar-refractivity contribution is -0.123. The third-order valence-electron chi connectivity index (χ3n) is 5.55. The molecule has 7 nitrogen and oxygen atoms in total. The summed E-state index contributed by atoms with van der Waals surface area (Å²) in [6.45, 7) is 1.79. The summed E-state index contributed by atoms with van der Waals surface area (Å²) in [7, 11) is 0. The van der Waals surface area contributed by atoms with Crippen LogP contribution in [0.4, 0.5) is 17.1 Å².